The summed E-state index contributed by atoms with van der Waals surface area (Å²) in [6.07, 6.45) is 2.24. The lowest BCUT2D eigenvalue weighted by Crippen LogP contribution is -2.32. The first-order chi connectivity index (χ1) is 8.59. The number of nitrogens with one attached hydrogen (secondary N) is 1. The van der Waals surface area contributed by atoms with Gasteiger partial charge in [0, 0.05) is 12.5 Å². The highest BCUT2D eigenvalue weighted by Gasteiger charge is 2.26. The normalized spacial score (nSPS) is 22.9. The molecule has 0 radical (unpaired) electrons. The van der Waals surface area contributed by atoms with Crippen LogP contribution in [0.3, 0.4) is 0 Å². The van der Waals surface area contributed by atoms with Gasteiger partial charge in [0.25, 0.3) is 5.91 Å². The highest BCUT2D eigenvalue weighted by Crippen LogP contribution is 2.27. The Morgan fingerprint density at radius 1 is 1.28 bits per heavy atom. The van der Waals surface area contributed by atoms with Gasteiger partial charge in [0.05, 0.1) is 6.10 Å². The van der Waals surface area contributed by atoms with Crippen molar-refractivity contribution in [2.75, 3.05) is 6.54 Å². The summed E-state index contributed by atoms with van der Waals surface area (Å²) in [6, 6.07) is 4.15. The molecule has 1 aliphatic rings. The zero-order valence-corrected chi connectivity index (χ0v) is 9.97. The SMILES string of the molecule is O=C(NCC1CCCC1O)c1c(O)cccc1O. The summed E-state index contributed by atoms with van der Waals surface area (Å²) in [5.41, 5.74) is -0.120. The van der Waals surface area contributed by atoms with Crippen LogP contribution in [0.25, 0.3) is 0 Å². The van der Waals surface area contributed by atoms with Gasteiger partial charge in [0.15, 0.2) is 0 Å². The van der Waals surface area contributed by atoms with Crippen molar-refractivity contribution in [3.8, 4) is 11.5 Å². The lowest BCUT2D eigenvalue weighted by molar-refractivity contribution is 0.0911. The van der Waals surface area contributed by atoms with Gasteiger partial charge in [0.2, 0.25) is 0 Å². The maximum Gasteiger partial charge on any atom is 0.258 e. The van der Waals surface area contributed by atoms with E-state index in [-0.39, 0.29) is 29.1 Å². The minimum absolute atomic E-state index is 0.0574. The van der Waals surface area contributed by atoms with Gasteiger partial charge in [-0.25, -0.2) is 0 Å². The topological polar surface area (TPSA) is 89.8 Å². The molecule has 0 saturated heterocycles. The first kappa shape index (κ1) is 12.7. The zero-order valence-electron chi connectivity index (χ0n) is 9.97. The predicted molar refractivity (Wildman–Crippen MR) is 65.5 cm³/mol. The fourth-order valence-electron chi connectivity index (χ4n) is 2.33. The van der Waals surface area contributed by atoms with Crippen LogP contribution in [-0.2, 0) is 0 Å². The Kier molecular flexibility index (Phi) is 3.72. The van der Waals surface area contributed by atoms with Crippen LogP contribution in [0.5, 0.6) is 11.5 Å². The Morgan fingerprint density at radius 2 is 1.94 bits per heavy atom. The van der Waals surface area contributed by atoms with E-state index in [9.17, 15) is 20.1 Å². The molecule has 1 aromatic carbocycles. The molecule has 5 nitrogen and oxygen atoms in total. The van der Waals surface area contributed by atoms with Gasteiger partial charge in [-0.05, 0) is 25.0 Å². The number of hydrogen-bond donors (Lipinski definition) is 4. The number of carbonyl (C=O) groups excluding carboxylic acids is 1. The highest BCUT2D eigenvalue weighted by atomic mass is 16.3. The number of phenolic OH excluding ortho intramolecular Hbond substituents is 2. The third-order valence-electron chi connectivity index (χ3n) is 3.39. The van der Waals surface area contributed by atoms with E-state index in [2.05, 4.69) is 5.32 Å². The quantitative estimate of drug-likeness (QED) is 0.645. The van der Waals surface area contributed by atoms with Crippen molar-refractivity contribution in [1.82, 2.24) is 5.32 Å². The minimum Gasteiger partial charge on any atom is -0.507 e. The lowest BCUT2D eigenvalue weighted by atomic mass is 10.1. The summed E-state index contributed by atoms with van der Waals surface area (Å²) in [7, 11) is 0. The van der Waals surface area contributed by atoms with Crippen LogP contribution in [0, 0.1) is 5.92 Å². The van der Waals surface area contributed by atoms with Crippen molar-refractivity contribution in [2.24, 2.45) is 5.92 Å². The molecule has 2 rings (SSSR count). The summed E-state index contributed by atoms with van der Waals surface area (Å²) < 4.78 is 0. The smallest absolute Gasteiger partial charge is 0.258 e. The standard InChI is InChI=1S/C13H17NO4/c15-9-4-1-3-8(9)7-14-13(18)12-10(16)5-2-6-11(12)17/h2,5-6,8-9,15-17H,1,3-4,7H2,(H,14,18). The fourth-order valence-corrected chi connectivity index (χ4v) is 2.33. The first-order valence-electron chi connectivity index (χ1n) is 6.07. The lowest BCUT2D eigenvalue weighted by Gasteiger charge is -2.15. The maximum atomic E-state index is 11.8. The van der Waals surface area contributed by atoms with E-state index in [0.717, 1.165) is 19.3 Å². The van der Waals surface area contributed by atoms with Crippen LogP contribution in [0.1, 0.15) is 29.6 Å². The molecule has 98 valence electrons. The molecule has 0 aromatic heterocycles. The van der Waals surface area contributed by atoms with Crippen LogP contribution in [-0.4, -0.2) is 33.9 Å². The highest BCUT2D eigenvalue weighted by molar-refractivity contribution is 5.99. The van der Waals surface area contributed by atoms with Crippen LogP contribution < -0.4 is 5.32 Å². The molecule has 2 atom stereocenters. The molecule has 0 spiro atoms. The van der Waals surface area contributed by atoms with Gasteiger partial charge in [-0.3, -0.25) is 4.79 Å². The average molecular weight is 251 g/mol. The van der Waals surface area contributed by atoms with Gasteiger partial charge in [-0.2, -0.15) is 0 Å². The molecule has 1 aliphatic carbocycles. The van der Waals surface area contributed by atoms with Crippen LogP contribution in [0.2, 0.25) is 0 Å². The van der Waals surface area contributed by atoms with Gasteiger partial charge >= 0.3 is 0 Å². The molecule has 5 heteroatoms. The summed E-state index contributed by atoms with van der Waals surface area (Å²) in [5, 5.41) is 31.3. The van der Waals surface area contributed by atoms with E-state index < -0.39 is 5.91 Å². The third kappa shape index (κ3) is 2.56. The molecule has 0 heterocycles. The molecule has 2 unspecified atom stereocenters. The van der Waals surface area contributed by atoms with E-state index in [1.54, 1.807) is 0 Å². The van der Waals surface area contributed by atoms with Crippen molar-refractivity contribution >= 4 is 5.91 Å². The maximum absolute atomic E-state index is 11.8. The van der Waals surface area contributed by atoms with Crippen molar-refractivity contribution in [3.05, 3.63) is 23.8 Å². The Hall–Kier alpha value is -1.75. The number of aliphatic hydroxyl groups excluding tert-OH is 1. The monoisotopic (exact) mass is 251 g/mol. The number of rotatable bonds is 3. The first-order valence-corrected chi connectivity index (χ1v) is 6.07. The van der Waals surface area contributed by atoms with Crippen LogP contribution in [0.15, 0.2) is 18.2 Å². The van der Waals surface area contributed by atoms with Crippen molar-refractivity contribution in [3.63, 3.8) is 0 Å². The average Bonchev–Trinajstić information content (AvgIpc) is 2.72. The summed E-state index contributed by atoms with van der Waals surface area (Å²) in [4.78, 5) is 11.8. The number of phenols is 2. The second-order valence-corrected chi connectivity index (χ2v) is 4.64. The number of aliphatic hydroxyl groups is 1. The molecule has 18 heavy (non-hydrogen) atoms. The Labute approximate surface area is 105 Å². The molecule has 4 N–H and O–H groups in total. The third-order valence-corrected chi connectivity index (χ3v) is 3.39. The van der Waals surface area contributed by atoms with Crippen LogP contribution in [0.4, 0.5) is 0 Å². The molecular weight excluding hydrogens is 234 g/mol. The van der Waals surface area contributed by atoms with E-state index >= 15 is 0 Å². The van der Waals surface area contributed by atoms with Crippen LogP contribution >= 0.6 is 0 Å². The fraction of sp³-hybridized carbons (Fsp3) is 0.462. The van der Waals surface area contributed by atoms with E-state index in [0.29, 0.717) is 6.54 Å². The second-order valence-electron chi connectivity index (χ2n) is 4.64. The molecule has 0 bridgehead atoms. The number of hydrogen-bond acceptors (Lipinski definition) is 4. The predicted octanol–water partition coefficient (Wildman–Crippen LogP) is 0.989. The van der Waals surface area contributed by atoms with Gasteiger partial charge in [-0.15, -0.1) is 0 Å². The van der Waals surface area contributed by atoms with Crippen molar-refractivity contribution in [2.45, 2.75) is 25.4 Å². The number of aromatic hydroxyl groups is 2. The Bertz CT molecular complexity index is 426. The number of carbonyl (C=O) groups is 1. The molecule has 1 aromatic rings. The van der Waals surface area contributed by atoms with Gasteiger partial charge in [0.1, 0.15) is 17.1 Å². The molecule has 1 saturated carbocycles. The van der Waals surface area contributed by atoms with E-state index in [1.807, 2.05) is 0 Å². The molecule has 1 fully saturated rings. The Morgan fingerprint density at radius 3 is 2.50 bits per heavy atom. The second kappa shape index (κ2) is 5.27. The molecule has 1 amide bonds. The van der Waals surface area contributed by atoms with E-state index in [1.165, 1.54) is 18.2 Å². The van der Waals surface area contributed by atoms with Crippen molar-refractivity contribution in [1.29, 1.82) is 0 Å². The number of amides is 1. The number of benzene rings is 1. The van der Waals surface area contributed by atoms with Gasteiger partial charge < -0.3 is 20.6 Å². The largest absolute Gasteiger partial charge is 0.507 e. The molecule has 0 aliphatic heterocycles. The summed E-state index contributed by atoms with van der Waals surface area (Å²) in [6.45, 7) is 0.355. The Balaban J connectivity index is 1.99. The van der Waals surface area contributed by atoms with Gasteiger partial charge in [-0.1, -0.05) is 12.5 Å². The van der Waals surface area contributed by atoms with E-state index in [4.69, 9.17) is 0 Å². The summed E-state index contributed by atoms with van der Waals surface area (Å²) >= 11 is 0. The minimum atomic E-state index is -0.523. The van der Waals surface area contributed by atoms with Crippen molar-refractivity contribution < 1.29 is 20.1 Å². The zero-order chi connectivity index (χ0) is 13.1. The molecular formula is C13H17NO4. The summed E-state index contributed by atoms with van der Waals surface area (Å²) in [5.74, 6) is -0.967.